The van der Waals surface area contributed by atoms with E-state index in [4.69, 9.17) is 18.6 Å². The summed E-state index contributed by atoms with van der Waals surface area (Å²) in [5, 5.41) is 12.2. The van der Waals surface area contributed by atoms with Crippen LogP contribution >= 0.6 is 0 Å². The highest BCUT2D eigenvalue weighted by Gasteiger charge is 2.64. The molecule has 1 aromatic rings. The lowest BCUT2D eigenvalue weighted by molar-refractivity contribution is -0.257. The SMILES string of the molecule is COc1ccc([C@H]2C[C@]3(C)C(O[Si](C)(C)C)=CC[C@H]3[C@@H]3CC[C@@]4(O)CC5(CC[C@@H]4[C@H]32)OCCO5)cc1. The molecule has 1 aliphatic heterocycles. The van der Waals surface area contributed by atoms with Gasteiger partial charge in [0.1, 0.15) is 5.75 Å². The second kappa shape index (κ2) is 8.59. The van der Waals surface area contributed by atoms with Crippen LogP contribution in [0.4, 0.5) is 0 Å². The third-order valence-electron chi connectivity index (χ3n) is 10.3. The third kappa shape index (κ3) is 3.98. The molecule has 7 atom stereocenters. The second-order valence-corrected chi connectivity index (χ2v) is 17.9. The Morgan fingerprint density at radius 3 is 2.39 bits per heavy atom. The highest BCUT2D eigenvalue weighted by Crippen LogP contribution is 2.68. The molecule has 1 N–H and O–H groups in total. The maximum absolute atomic E-state index is 12.2. The Balaban J connectivity index is 1.38. The molecular weight excluding hydrogens is 468 g/mol. The van der Waals surface area contributed by atoms with Crippen LogP contribution in [0.1, 0.15) is 63.4 Å². The number of methoxy groups -OCH3 is 1. The van der Waals surface area contributed by atoms with Gasteiger partial charge in [-0.15, -0.1) is 0 Å². The van der Waals surface area contributed by atoms with Crippen molar-refractivity contribution in [3.05, 3.63) is 41.7 Å². The maximum atomic E-state index is 12.2. The number of hydrogen-bond donors (Lipinski definition) is 1. The molecule has 4 fully saturated rings. The highest BCUT2D eigenvalue weighted by molar-refractivity contribution is 6.70. The van der Waals surface area contributed by atoms with Gasteiger partial charge >= 0.3 is 0 Å². The molecule has 5 nitrogen and oxygen atoms in total. The number of rotatable bonds is 4. The maximum Gasteiger partial charge on any atom is 0.241 e. The Labute approximate surface area is 217 Å². The van der Waals surface area contributed by atoms with E-state index < -0.39 is 19.7 Å². The van der Waals surface area contributed by atoms with Crippen molar-refractivity contribution in [2.45, 2.75) is 88.8 Å². The first-order valence-electron chi connectivity index (χ1n) is 14.1. The number of allylic oxidation sites excluding steroid dienone is 2. The fraction of sp³-hybridized carbons (Fsp3) is 0.733. The van der Waals surface area contributed by atoms with Gasteiger partial charge in [-0.2, -0.15) is 0 Å². The fourth-order valence-electron chi connectivity index (χ4n) is 8.93. The van der Waals surface area contributed by atoms with Crippen LogP contribution in [0.15, 0.2) is 36.1 Å². The molecule has 0 aromatic heterocycles. The van der Waals surface area contributed by atoms with Gasteiger partial charge in [0.05, 0.1) is 31.7 Å². The molecular formula is C30H44O5Si. The quantitative estimate of drug-likeness (QED) is 0.484. The van der Waals surface area contributed by atoms with Crippen molar-refractivity contribution in [1.82, 2.24) is 0 Å². The Morgan fingerprint density at radius 2 is 1.72 bits per heavy atom. The molecule has 1 saturated heterocycles. The molecule has 0 unspecified atom stereocenters. The van der Waals surface area contributed by atoms with E-state index >= 15 is 0 Å². The van der Waals surface area contributed by atoms with Crippen molar-refractivity contribution in [2.75, 3.05) is 20.3 Å². The van der Waals surface area contributed by atoms with Crippen LogP contribution in [0.5, 0.6) is 5.75 Å². The summed E-state index contributed by atoms with van der Waals surface area (Å²) in [6, 6.07) is 8.74. The van der Waals surface area contributed by atoms with E-state index in [-0.39, 0.29) is 11.3 Å². The smallest absolute Gasteiger partial charge is 0.241 e. The molecule has 0 amide bonds. The van der Waals surface area contributed by atoms with E-state index in [1.807, 2.05) is 0 Å². The van der Waals surface area contributed by atoms with Crippen LogP contribution in [0.3, 0.4) is 0 Å². The minimum absolute atomic E-state index is 0.0507. The minimum Gasteiger partial charge on any atom is -0.547 e. The first-order chi connectivity index (χ1) is 17.1. The number of fused-ring (bicyclic) bond motifs is 5. The van der Waals surface area contributed by atoms with Crippen LogP contribution in [-0.4, -0.2) is 45.1 Å². The average molecular weight is 513 g/mol. The molecule has 4 aliphatic carbocycles. The predicted molar refractivity (Wildman–Crippen MR) is 142 cm³/mol. The van der Waals surface area contributed by atoms with Crippen molar-refractivity contribution in [3.63, 3.8) is 0 Å². The summed E-state index contributed by atoms with van der Waals surface area (Å²) in [7, 11) is 0.0149. The van der Waals surface area contributed by atoms with Gasteiger partial charge in [-0.25, -0.2) is 0 Å². The van der Waals surface area contributed by atoms with E-state index in [1.165, 1.54) is 11.3 Å². The van der Waals surface area contributed by atoms with E-state index in [1.54, 1.807) is 7.11 Å². The van der Waals surface area contributed by atoms with Crippen molar-refractivity contribution < 1.29 is 23.7 Å². The van der Waals surface area contributed by atoms with Gasteiger partial charge in [0, 0.05) is 18.3 Å². The molecule has 6 heteroatoms. The normalized spacial score (nSPS) is 41.3. The van der Waals surface area contributed by atoms with Crippen molar-refractivity contribution in [1.29, 1.82) is 0 Å². The number of ether oxygens (including phenoxy) is 3. The molecule has 0 radical (unpaired) electrons. The fourth-order valence-corrected chi connectivity index (χ4v) is 9.91. The summed E-state index contributed by atoms with van der Waals surface area (Å²) in [5.74, 6) is 3.85. The Kier molecular flexibility index (Phi) is 5.95. The zero-order chi connectivity index (χ0) is 25.3. The molecule has 5 aliphatic rings. The van der Waals surface area contributed by atoms with Crippen molar-refractivity contribution in [2.24, 2.45) is 29.1 Å². The predicted octanol–water partition coefficient (Wildman–Crippen LogP) is 6.24. The lowest BCUT2D eigenvalue weighted by Crippen LogP contribution is -2.61. The summed E-state index contributed by atoms with van der Waals surface area (Å²) in [6.07, 6.45) is 9.00. The van der Waals surface area contributed by atoms with Gasteiger partial charge in [0.15, 0.2) is 5.79 Å². The first kappa shape index (κ1) is 25.0. The summed E-state index contributed by atoms with van der Waals surface area (Å²) in [4.78, 5) is 0. The van der Waals surface area contributed by atoms with Crippen molar-refractivity contribution in [3.8, 4) is 5.75 Å². The summed E-state index contributed by atoms with van der Waals surface area (Å²) in [6.45, 7) is 10.6. The number of benzene rings is 1. The molecule has 36 heavy (non-hydrogen) atoms. The molecule has 6 rings (SSSR count). The van der Waals surface area contributed by atoms with Crippen LogP contribution in [0.25, 0.3) is 0 Å². The van der Waals surface area contributed by atoms with Gasteiger partial charge in [0.2, 0.25) is 8.32 Å². The molecule has 1 heterocycles. The summed E-state index contributed by atoms with van der Waals surface area (Å²) < 4.78 is 24.4. The Morgan fingerprint density at radius 1 is 1.00 bits per heavy atom. The van der Waals surface area contributed by atoms with E-state index in [0.29, 0.717) is 43.3 Å². The van der Waals surface area contributed by atoms with Gasteiger partial charge < -0.3 is 23.7 Å². The van der Waals surface area contributed by atoms with Gasteiger partial charge in [-0.3, -0.25) is 0 Å². The third-order valence-corrected chi connectivity index (χ3v) is 11.1. The zero-order valence-electron chi connectivity index (χ0n) is 22.7. The van der Waals surface area contributed by atoms with Crippen LogP contribution in [0, 0.1) is 29.1 Å². The molecule has 0 bridgehead atoms. The Hall–Kier alpha value is -1.34. The zero-order valence-corrected chi connectivity index (χ0v) is 23.7. The second-order valence-electron chi connectivity index (χ2n) is 13.4. The summed E-state index contributed by atoms with van der Waals surface area (Å²) >= 11 is 0. The average Bonchev–Trinajstić information content (AvgIpc) is 3.41. The topological polar surface area (TPSA) is 57.2 Å². The minimum atomic E-state index is -1.71. The van der Waals surface area contributed by atoms with Crippen LogP contribution in [0.2, 0.25) is 19.6 Å². The van der Waals surface area contributed by atoms with Crippen molar-refractivity contribution >= 4 is 8.32 Å². The van der Waals surface area contributed by atoms with E-state index in [9.17, 15) is 5.11 Å². The highest BCUT2D eigenvalue weighted by atomic mass is 28.4. The molecule has 1 aromatic carbocycles. The van der Waals surface area contributed by atoms with Gasteiger partial charge in [0.25, 0.3) is 0 Å². The van der Waals surface area contributed by atoms with E-state index in [2.05, 4.69) is 56.9 Å². The standard InChI is InChI=1S/C30H44O5Si/c1-28-18-23(20-6-8-21(32-2)9-7-20)27-22(24(28)10-11-26(28)35-36(3,4)5)12-14-29(31)19-30(15-13-25(27)29)33-16-17-34-30/h6-9,11,22-25,27,31H,10,12-19H2,1-5H3/t22-,23+,24-,25+,27+,28-,29+/m0/s1. The summed E-state index contributed by atoms with van der Waals surface area (Å²) in [5.41, 5.74) is 0.712. The lowest BCUT2D eigenvalue weighted by atomic mass is 9.45. The van der Waals surface area contributed by atoms with Gasteiger partial charge in [-0.05, 0) is 105 Å². The van der Waals surface area contributed by atoms with Gasteiger partial charge in [-0.1, -0.05) is 19.1 Å². The lowest BCUT2D eigenvalue weighted by Gasteiger charge is -2.62. The number of aliphatic hydroxyl groups is 1. The molecule has 3 saturated carbocycles. The van der Waals surface area contributed by atoms with E-state index in [0.717, 1.165) is 44.3 Å². The largest absolute Gasteiger partial charge is 0.547 e. The van der Waals surface area contributed by atoms with Crippen LogP contribution in [-0.2, 0) is 13.9 Å². The Bertz CT molecular complexity index is 1010. The monoisotopic (exact) mass is 512 g/mol. The first-order valence-corrected chi connectivity index (χ1v) is 17.5. The van der Waals surface area contributed by atoms with Crippen LogP contribution < -0.4 is 4.74 Å². The number of hydrogen-bond acceptors (Lipinski definition) is 5. The molecule has 198 valence electrons. The molecule has 1 spiro atoms.